The molecule has 1 N–H and O–H groups in total. The Bertz CT molecular complexity index is 176. The van der Waals surface area contributed by atoms with Crippen molar-refractivity contribution in [2.24, 2.45) is 11.8 Å². The number of hydrogen-bond donors (Lipinski definition) is 1. The van der Waals surface area contributed by atoms with E-state index in [9.17, 15) is 0 Å². The quantitative estimate of drug-likeness (QED) is 0.647. The van der Waals surface area contributed by atoms with Gasteiger partial charge in [0.25, 0.3) is 0 Å². The monoisotopic (exact) mass is 182 g/mol. The molecular formula is C12H22O. The van der Waals surface area contributed by atoms with Crippen LogP contribution in [0.1, 0.15) is 34.1 Å². The van der Waals surface area contributed by atoms with Gasteiger partial charge in [0.1, 0.15) is 0 Å². The highest BCUT2D eigenvalue weighted by molar-refractivity contribution is 4.96. The molecule has 0 aromatic heterocycles. The highest BCUT2D eigenvalue weighted by atomic mass is 16.2. The molecule has 0 aliphatic rings. The van der Waals surface area contributed by atoms with Crippen molar-refractivity contribution in [1.82, 2.24) is 0 Å². The normalized spacial score (nSPS) is 15.8. The molecule has 0 fully saturated rings. The van der Waals surface area contributed by atoms with E-state index in [2.05, 4.69) is 39.8 Å². The summed E-state index contributed by atoms with van der Waals surface area (Å²) >= 11 is 0. The average Bonchev–Trinajstić information content (AvgIpc) is 2.10. The fourth-order valence-electron chi connectivity index (χ4n) is 1.10. The van der Waals surface area contributed by atoms with Gasteiger partial charge in [-0.1, -0.05) is 37.6 Å². The van der Waals surface area contributed by atoms with Gasteiger partial charge in [-0.3, -0.25) is 0 Å². The van der Waals surface area contributed by atoms with Gasteiger partial charge in [-0.2, -0.15) is 0 Å². The minimum atomic E-state index is 0.152. The Kier molecular flexibility index (Phi) is 6.61. The fourth-order valence-corrected chi connectivity index (χ4v) is 1.10. The lowest BCUT2D eigenvalue weighted by Crippen LogP contribution is -2.04. The van der Waals surface area contributed by atoms with Gasteiger partial charge in [0.05, 0.1) is 6.61 Å². The van der Waals surface area contributed by atoms with Gasteiger partial charge >= 0.3 is 0 Å². The van der Waals surface area contributed by atoms with Gasteiger partial charge in [-0.05, 0) is 32.1 Å². The second-order valence-electron chi connectivity index (χ2n) is 3.96. The molecular weight excluding hydrogens is 160 g/mol. The zero-order valence-corrected chi connectivity index (χ0v) is 9.25. The molecule has 0 heterocycles. The molecule has 0 rings (SSSR count). The van der Waals surface area contributed by atoms with Crippen molar-refractivity contribution in [2.45, 2.75) is 34.1 Å². The molecule has 0 saturated carbocycles. The molecule has 0 aliphatic carbocycles. The molecule has 0 unspecified atom stereocenters. The summed E-state index contributed by atoms with van der Waals surface area (Å²) in [5.41, 5.74) is 1.38. The van der Waals surface area contributed by atoms with Crippen LogP contribution in [0.5, 0.6) is 0 Å². The number of aliphatic hydroxyl groups is 1. The molecule has 76 valence electrons. The third-order valence-electron chi connectivity index (χ3n) is 2.34. The number of rotatable bonds is 5. The molecule has 0 radical (unpaired) electrons. The molecule has 0 amide bonds. The summed E-state index contributed by atoms with van der Waals surface area (Å²) in [5.74, 6) is 1.19. The van der Waals surface area contributed by atoms with Crippen LogP contribution in [-0.4, -0.2) is 11.7 Å². The van der Waals surface area contributed by atoms with Crippen LogP contribution in [0.15, 0.2) is 23.8 Å². The van der Waals surface area contributed by atoms with Gasteiger partial charge in [-0.15, -0.1) is 0 Å². The Morgan fingerprint density at radius 1 is 1.31 bits per heavy atom. The number of aliphatic hydroxyl groups excluding tert-OH is 1. The maximum atomic E-state index is 8.62. The van der Waals surface area contributed by atoms with Crippen molar-refractivity contribution < 1.29 is 5.11 Å². The zero-order chi connectivity index (χ0) is 10.3. The Morgan fingerprint density at radius 2 is 1.92 bits per heavy atom. The zero-order valence-electron chi connectivity index (χ0n) is 9.25. The van der Waals surface area contributed by atoms with Crippen LogP contribution in [0.3, 0.4) is 0 Å². The van der Waals surface area contributed by atoms with Crippen molar-refractivity contribution in [3.8, 4) is 0 Å². The topological polar surface area (TPSA) is 20.2 Å². The summed E-state index contributed by atoms with van der Waals surface area (Å²) < 4.78 is 0. The minimum absolute atomic E-state index is 0.152. The predicted molar refractivity (Wildman–Crippen MR) is 58.6 cm³/mol. The Labute approximate surface area is 82.2 Å². The first-order valence-electron chi connectivity index (χ1n) is 4.98. The van der Waals surface area contributed by atoms with Gasteiger partial charge < -0.3 is 5.11 Å². The van der Waals surface area contributed by atoms with E-state index in [0.29, 0.717) is 11.8 Å². The molecule has 0 aromatic carbocycles. The SMILES string of the molecule is CC(C)=CC[C@@H](C)[C@@H](C)/C=C/CO. The van der Waals surface area contributed by atoms with Crippen LogP contribution in [0.25, 0.3) is 0 Å². The Hall–Kier alpha value is -0.560. The highest BCUT2D eigenvalue weighted by Crippen LogP contribution is 2.17. The van der Waals surface area contributed by atoms with Gasteiger partial charge in [0, 0.05) is 0 Å². The number of hydrogen-bond acceptors (Lipinski definition) is 1. The van der Waals surface area contributed by atoms with Gasteiger partial charge in [0.15, 0.2) is 0 Å². The lowest BCUT2D eigenvalue weighted by Gasteiger charge is -2.14. The van der Waals surface area contributed by atoms with Crippen LogP contribution in [-0.2, 0) is 0 Å². The van der Waals surface area contributed by atoms with E-state index in [4.69, 9.17) is 5.11 Å². The van der Waals surface area contributed by atoms with Crippen molar-refractivity contribution in [3.63, 3.8) is 0 Å². The third-order valence-corrected chi connectivity index (χ3v) is 2.34. The van der Waals surface area contributed by atoms with E-state index in [1.54, 1.807) is 0 Å². The second kappa shape index (κ2) is 6.90. The van der Waals surface area contributed by atoms with E-state index in [1.807, 2.05) is 6.08 Å². The largest absolute Gasteiger partial charge is 0.392 e. The second-order valence-corrected chi connectivity index (χ2v) is 3.96. The third kappa shape index (κ3) is 6.59. The van der Waals surface area contributed by atoms with E-state index in [0.717, 1.165) is 6.42 Å². The van der Waals surface area contributed by atoms with E-state index in [-0.39, 0.29) is 6.61 Å². The summed E-state index contributed by atoms with van der Waals surface area (Å²) in [6, 6.07) is 0. The molecule has 0 saturated heterocycles. The Balaban J connectivity index is 3.88. The maximum absolute atomic E-state index is 8.62. The first-order chi connectivity index (χ1) is 6.07. The molecule has 1 heteroatoms. The standard InChI is InChI=1S/C12H22O/c1-10(2)7-8-12(4)11(3)6-5-9-13/h5-7,11-13H,8-9H2,1-4H3/b6-5+/t11-,12+/m0/s1. The molecule has 0 bridgehead atoms. The van der Waals surface area contributed by atoms with Crippen molar-refractivity contribution in [2.75, 3.05) is 6.61 Å². The molecule has 0 aromatic rings. The average molecular weight is 182 g/mol. The molecule has 13 heavy (non-hydrogen) atoms. The first kappa shape index (κ1) is 12.4. The van der Waals surface area contributed by atoms with E-state index in [1.165, 1.54) is 5.57 Å². The first-order valence-corrected chi connectivity index (χ1v) is 4.98. The summed E-state index contributed by atoms with van der Waals surface area (Å²) in [7, 11) is 0. The number of allylic oxidation sites excluding steroid dienone is 3. The lowest BCUT2D eigenvalue weighted by atomic mass is 9.92. The summed E-state index contributed by atoms with van der Waals surface area (Å²) in [6.07, 6.45) is 7.31. The van der Waals surface area contributed by atoms with Crippen LogP contribution >= 0.6 is 0 Å². The van der Waals surface area contributed by atoms with Gasteiger partial charge in [0.2, 0.25) is 0 Å². The molecule has 1 nitrogen and oxygen atoms in total. The van der Waals surface area contributed by atoms with Crippen molar-refractivity contribution in [3.05, 3.63) is 23.8 Å². The molecule has 2 atom stereocenters. The summed E-state index contributed by atoms with van der Waals surface area (Å²) in [4.78, 5) is 0. The van der Waals surface area contributed by atoms with Crippen LogP contribution in [0.4, 0.5) is 0 Å². The lowest BCUT2D eigenvalue weighted by molar-refractivity contribution is 0.340. The van der Waals surface area contributed by atoms with E-state index >= 15 is 0 Å². The van der Waals surface area contributed by atoms with Gasteiger partial charge in [-0.25, -0.2) is 0 Å². The van der Waals surface area contributed by atoms with Crippen molar-refractivity contribution >= 4 is 0 Å². The Morgan fingerprint density at radius 3 is 2.38 bits per heavy atom. The van der Waals surface area contributed by atoms with E-state index < -0.39 is 0 Å². The van der Waals surface area contributed by atoms with Crippen molar-refractivity contribution in [1.29, 1.82) is 0 Å². The smallest absolute Gasteiger partial charge is 0.0612 e. The maximum Gasteiger partial charge on any atom is 0.0612 e. The van der Waals surface area contributed by atoms with Crippen LogP contribution in [0, 0.1) is 11.8 Å². The van der Waals surface area contributed by atoms with Crippen LogP contribution < -0.4 is 0 Å². The molecule has 0 aliphatic heterocycles. The summed E-state index contributed by atoms with van der Waals surface area (Å²) in [5, 5.41) is 8.62. The fraction of sp³-hybridized carbons (Fsp3) is 0.667. The predicted octanol–water partition coefficient (Wildman–Crippen LogP) is 3.16. The minimum Gasteiger partial charge on any atom is -0.392 e. The highest BCUT2D eigenvalue weighted by Gasteiger charge is 2.06. The molecule has 0 spiro atoms. The summed E-state index contributed by atoms with van der Waals surface area (Å²) in [6.45, 7) is 8.84. The van der Waals surface area contributed by atoms with Crippen LogP contribution in [0.2, 0.25) is 0 Å².